The van der Waals surface area contributed by atoms with Crippen LogP contribution in [0.4, 0.5) is 5.69 Å². The highest BCUT2D eigenvalue weighted by molar-refractivity contribution is 7.57. The number of carboxylic acids is 1. The van der Waals surface area contributed by atoms with E-state index in [0.29, 0.717) is 29.3 Å². The summed E-state index contributed by atoms with van der Waals surface area (Å²) in [6.45, 7) is 11.4. The van der Waals surface area contributed by atoms with Gasteiger partial charge >= 0.3 is 5.97 Å². The van der Waals surface area contributed by atoms with Crippen LogP contribution in [0.25, 0.3) is 0 Å². The molecule has 1 heterocycles. The zero-order chi connectivity index (χ0) is 24.6. The Morgan fingerprint density at radius 1 is 1.18 bits per heavy atom. The van der Waals surface area contributed by atoms with E-state index in [1.54, 1.807) is 24.3 Å². The molecular weight excluding hydrogens is 457 g/mol. The summed E-state index contributed by atoms with van der Waals surface area (Å²) in [5.41, 5.74) is 0.225. The number of anilines is 1. The van der Waals surface area contributed by atoms with Crippen molar-refractivity contribution in [3.63, 3.8) is 0 Å². The lowest BCUT2D eigenvalue weighted by molar-refractivity contribution is -0.124. The molecule has 6 nitrogen and oxygen atoms in total. The average Bonchev–Trinajstić information content (AvgIpc) is 3.08. The van der Waals surface area contributed by atoms with Gasteiger partial charge in [-0.05, 0) is 71.3 Å². The molecule has 0 saturated heterocycles. The van der Waals surface area contributed by atoms with E-state index in [1.165, 1.54) is 0 Å². The van der Waals surface area contributed by atoms with Crippen molar-refractivity contribution in [3.05, 3.63) is 15.8 Å². The molecule has 1 aromatic heterocycles. The Morgan fingerprint density at radius 3 is 2.30 bits per heavy atom. The minimum absolute atomic E-state index is 0.00263. The summed E-state index contributed by atoms with van der Waals surface area (Å²) < 4.78 is 17.8. The first-order valence-electron chi connectivity index (χ1n) is 11.7. The predicted octanol–water partition coefficient (Wildman–Crippen LogP) is 6.09. The molecule has 0 aromatic carbocycles. The lowest BCUT2D eigenvalue weighted by atomic mass is 9.80. The van der Waals surface area contributed by atoms with Gasteiger partial charge in [0.05, 0.1) is 16.7 Å². The van der Waals surface area contributed by atoms with Gasteiger partial charge in [-0.15, -0.1) is 11.3 Å². The third-order valence-corrected chi connectivity index (χ3v) is 8.00. The fourth-order valence-electron chi connectivity index (χ4n) is 4.42. The summed E-state index contributed by atoms with van der Waals surface area (Å²) in [5, 5.41) is 9.92. The molecule has 0 bridgehead atoms. The Labute approximate surface area is 201 Å². The van der Waals surface area contributed by atoms with Gasteiger partial charge in [0.1, 0.15) is 4.88 Å². The number of hydrogen-bond acceptors (Lipinski definition) is 5. The Bertz CT molecular complexity index is 994. The van der Waals surface area contributed by atoms with Crippen LogP contribution >= 0.6 is 18.7 Å². The molecule has 3 rings (SSSR count). The van der Waals surface area contributed by atoms with Gasteiger partial charge in [0.25, 0.3) is 0 Å². The van der Waals surface area contributed by atoms with Gasteiger partial charge in [0.15, 0.2) is 7.37 Å². The third-order valence-electron chi connectivity index (χ3n) is 6.17. The molecule has 2 aliphatic carbocycles. The van der Waals surface area contributed by atoms with Gasteiger partial charge in [-0.1, -0.05) is 18.8 Å². The van der Waals surface area contributed by atoms with Gasteiger partial charge in [-0.2, -0.15) is 0 Å². The van der Waals surface area contributed by atoms with E-state index < -0.39 is 13.3 Å². The minimum atomic E-state index is -2.63. The van der Waals surface area contributed by atoms with Crippen molar-refractivity contribution in [1.29, 1.82) is 0 Å². The van der Waals surface area contributed by atoms with E-state index in [2.05, 4.69) is 18.8 Å². The average molecular weight is 494 g/mol. The number of thiophene rings is 1. The number of carboxylic acid groups (broad SMARTS) is 1. The van der Waals surface area contributed by atoms with Crippen LogP contribution in [0, 0.1) is 29.1 Å². The van der Waals surface area contributed by atoms with Crippen LogP contribution in [0.1, 0.15) is 80.8 Å². The van der Waals surface area contributed by atoms with Crippen molar-refractivity contribution in [1.82, 2.24) is 0 Å². The van der Waals surface area contributed by atoms with E-state index in [1.807, 2.05) is 20.8 Å². The highest BCUT2D eigenvalue weighted by atomic mass is 32.1. The second kappa shape index (κ2) is 9.94. The van der Waals surface area contributed by atoms with E-state index >= 15 is 0 Å². The molecule has 0 aliphatic heterocycles. The molecule has 2 saturated carbocycles. The zero-order valence-electron chi connectivity index (χ0n) is 20.5. The molecule has 1 aromatic rings. The first-order chi connectivity index (χ1) is 15.2. The van der Waals surface area contributed by atoms with Crippen molar-refractivity contribution in [2.45, 2.75) is 78.4 Å². The lowest BCUT2D eigenvalue weighted by Gasteiger charge is -2.44. The van der Waals surface area contributed by atoms with Crippen LogP contribution < -0.4 is 4.90 Å². The van der Waals surface area contributed by atoms with Crippen LogP contribution in [0.5, 0.6) is 0 Å². The van der Waals surface area contributed by atoms with Gasteiger partial charge in [-0.3, -0.25) is 9.36 Å². The van der Waals surface area contributed by atoms with Gasteiger partial charge in [-0.25, -0.2) is 4.79 Å². The third kappa shape index (κ3) is 6.94. The van der Waals surface area contributed by atoms with Crippen molar-refractivity contribution in [2.24, 2.45) is 17.3 Å². The summed E-state index contributed by atoms with van der Waals surface area (Å²) in [6.07, 6.45) is 4.60. The van der Waals surface area contributed by atoms with Crippen LogP contribution in [0.15, 0.2) is 6.07 Å². The Hall–Kier alpha value is -1.61. The fourth-order valence-corrected chi connectivity index (χ4v) is 6.15. The minimum Gasteiger partial charge on any atom is -0.477 e. The number of hydrogen-bond donors (Lipinski definition) is 1. The summed E-state index contributed by atoms with van der Waals surface area (Å²) >= 11 is 1.12. The number of rotatable bonds is 6. The molecule has 0 radical (unpaired) electrons. The first-order valence-corrected chi connectivity index (χ1v) is 15.0. The number of nitrogens with zero attached hydrogens (tertiary/aromatic N) is 1. The maximum absolute atomic E-state index is 13.7. The number of amides is 1. The first kappa shape index (κ1) is 26.0. The second-order valence-corrected chi connectivity index (χ2v) is 14.7. The van der Waals surface area contributed by atoms with Gasteiger partial charge < -0.3 is 14.5 Å². The lowest BCUT2D eigenvalue weighted by Crippen LogP contribution is -2.53. The molecular formula is C25H36NO5PS. The number of carbonyl (C=O) groups excluding carboxylic acids is 1. The molecule has 0 atom stereocenters. The van der Waals surface area contributed by atoms with E-state index in [9.17, 15) is 19.3 Å². The summed E-state index contributed by atoms with van der Waals surface area (Å²) in [5.74, 6) is 5.72. The summed E-state index contributed by atoms with van der Waals surface area (Å²) in [4.78, 5) is 28.4. The highest BCUT2D eigenvalue weighted by Gasteiger charge is 2.43. The van der Waals surface area contributed by atoms with Gasteiger partial charge in [0.2, 0.25) is 5.91 Å². The molecule has 0 unspecified atom stereocenters. The maximum atomic E-state index is 13.7. The van der Waals surface area contributed by atoms with Crippen molar-refractivity contribution >= 4 is 36.3 Å². The van der Waals surface area contributed by atoms with Crippen LogP contribution in [-0.4, -0.2) is 42.5 Å². The normalized spacial score (nSPS) is 25.5. The Balaban J connectivity index is 1.94. The SMILES string of the molecule is CC1CCC(C(=O)N(c2cc(C#CC(C)(C)C)sc2C(=O)O)C2CC(OP(C)(C)=O)C2)CC1. The predicted molar refractivity (Wildman–Crippen MR) is 134 cm³/mol. The quantitative estimate of drug-likeness (QED) is 0.383. The number of carbonyl (C=O) groups is 2. The summed E-state index contributed by atoms with van der Waals surface area (Å²) in [7, 11) is -2.63. The Morgan fingerprint density at radius 2 is 1.79 bits per heavy atom. The van der Waals surface area contributed by atoms with Crippen molar-refractivity contribution in [2.75, 3.05) is 18.2 Å². The molecule has 2 fully saturated rings. The Kier molecular flexibility index (Phi) is 7.83. The maximum Gasteiger partial charge on any atom is 0.348 e. The number of aromatic carboxylic acids is 1. The van der Waals surface area contributed by atoms with Crippen molar-refractivity contribution in [3.8, 4) is 11.8 Å². The second-order valence-electron chi connectivity index (χ2n) is 10.9. The largest absolute Gasteiger partial charge is 0.477 e. The smallest absolute Gasteiger partial charge is 0.348 e. The summed E-state index contributed by atoms with van der Waals surface area (Å²) in [6, 6.07) is 1.60. The van der Waals surface area contributed by atoms with E-state index in [0.717, 1.165) is 37.0 Å². The van der Waals surface area contributed by atoms with Crippen LogP contribution in [0.3, 0.4) is 0 Å². The topological polar surface area (TPSA) is 83.9 Å². The molecule has 182 valence electrons. The molecule has 8 heteroatoms. The molecule has 0 spiro atoms. The monoisotopic (exact) mass is 493 g/mol. The highest BCUT2D eigenvalue weighted by Crippen LogP contribution is 2.46. The van der Waals surface area contributed by atoms with E-state index in [4.69, 9.17) is 4.52 Å². The fraction of sp³-hybridized carbons (Fsp3) is 0.680. The van der Waals surface area contributed by atoms with Crippen molar-refractivity contribution < 1.29 is 23.8 Å². The van der Waals surface area contributed by atoms with Crippen LogP contribution in [-0.2, 0) is 13.9 Å². The van der Waals surface area contributed by atoms with Crippen LogP contribution in [0.2, 0.25) is 0 Å². The molecule has 2 aliphatic rings. The van der Waals surface area contributed by atoms with Gasteiger partial charge in [0, 0.05) is 30.7 Å². The molecule has 1 N–H and O–H groups in total. The van der Waals surface area contributed by atoms with E-state index in [-0.39, 0.29) is 34.3 Å². The zero-order valence-corrected chi connectivity index (χ0v) is 22.2. The standard InChI is InChI=1S/C25H36NO5PS/c1-16-7-9-17(10-8-16)23(27)26(18-13-19(14-18)31-32(5,6)30)21-15-20(11-12-25(2,3)4)33-22(21)24(28)29/h15-19H,7-10,13-14H2,1-6H3,(H,28,29). The molecule has 33 heavy (non-hydrogen) atoms. The molecule has 1 amide bonds.